The zero-order valence-electron chi connectivity index (χ0n) is 19.0. The molecule has 3 aromatic carbocycles. The maximum atomic E-state index is 14.0. The summed E-state index contributed by atoms with van der Waals surface area (Å²) in [6, 6.07) is 25.7. The van der Waals surface area contributed by atoms with E-state index in [0.717, 1.165) is 11.3 Å². The van der Waals surface area contributed by atoms with Crippen molar-refractivity contribution in [2.24, 2.45) is 0 Å². The van der Waals surface area contributed by atoms with E-state index < -0.39 is 5.82 Å². The molecule has 1 amide bonds. The van der Waals surface area contributed by atoms with Crippen LogP contribution in [0.3, 0.4) is 0 Å². The summed E-state index contributed by atoms with van der Waals surface area (Å²) in [7, 11) is 1.79. The number of para-hydroxylation sites is 2. The molecule has 6 nitrogen and oxygen atoms in total. The number of ether oxygens (including phenoxy) is 1. The van der Waals surface area contributed by atoms with Gasteiger partial charge in [-0.15, -0.1) is 10.2 Å². The summed E-state index contributed by atoms with van der Waals surface area (Å²) >= 11 is 1.33. The van der Waals surface area contributed by atoms with Crippen molar-refractivity contribution in [3.63, 3.8) is 0 Å². The number of hydrogen-bond donors (Lipinski definition) is 0. The van der Waals surface area contributed by atoms with Gasteiger partial charge in [-0.1, -0.05) is 72.4 Å². The van der Waals surface area contributed by atoms with Gasteiger partial charge in [0, 0.05) is 19.3 Å². The highest BCUT2D eigenvalue weighted by Crippen LogP contribution is 2.27. The maximum absolute atomic E-state index is 14.0. The zero-order valence-corrected chi connectivity index (χ0v) is 19.8. The zero-order chi connectivity index (χ0) is 23.9. The van der Waals surface area contributed by atoms with Gasteiger partial charge in [0.25, 0.3) is 0 Å². The third-order valence-electron chi connectivity index (χ3n) is 5.18. The monoisotopic (exact) mass is 476 g/mol. The number of carbonyl (C=O) groups excluding carboxylic acids is 1. The standard InChI is InChI=1S/C26H25FN4O2S/c1-19(25(32)30(2)17-20-11-5-3-6-12-20)34-26-29-28-24(31(26)21-13-7-4-8-14-21)18-33-23-16-10-9-15-22(23)27/h3-16,19H,17-18H2,1-2H3/t19-/m0/s1. The first-order valence-electron chi connectivity index (χ1n) is 10.9. The summed E-state index contributed by atoms with van der Waals surface area (Å²) in [6.07, 6.45) is 0. The highest BCUT2D eigenvalue weighted by molar-refractivity contribution is 8.00. The van der Waals surface area contributed by atoms with E-state index in [2.05, 4.69) is 10.2 Å². The highest BCUT2D eigenvalue weighted by atomic mass is 32.2. The molecule has 8 heteroatoms. The quantitative estimate of drug-likeness (QED) is 0.314. The molecule has 0 fully saturated rings. The fourth-order valence-corrected chi connectivity index (χ4v) is 4.47. The van der Waals surface area contributed by atoms with Crippen molar-refractivity contribution in [2.75, 3.05) is 7.05 Å². The van der Waals surface area contributed by atoms with E-state index in [1.165, 1.54) is 17.8 Å². The van der Waals surface area contributed by atoms with Gasteiger partial charge in [0.05, 0.1) is 5.25 Å². The largest absolute Gasteiger partial charge is 0.483 e. The van der Waals surface area contributed by atoms with Crippen LogP contribution in [0.15, 0.2) is 90.1 Å². The fourth-order valence-electron chi connectivity index (χ4n) is 3.46. The SMILES string of the molecule is C[C@H](Sc1nnc(COc2ccccc2F)n1-c1ccccc1)C(=O)N(C)Cc1ccccc1. The van der Waals surface area contributed by atoms with Crippen molar-refractivity contribution in [2.45, 2.75) is 30.5 Å². The third-order valence-corrected chi connectivity index (χ3v) is 6.21. The Kier molecular flexibility index (Phi) is 7.59. The van der Waals surface area contributed by atoms with E-state index in [9.17, 15) is 9.18 Å². The van der Waals surface area contributed by atoms with E-state index in [1.807, 2.05) is 72.2 Å². The molecule has 0 spiro atoms. The third kappa shape index (κ3) is 5.63. The van der Waals surface area contributed by atoms with E-state index in [4.69, 9.17) is 4.74 Å². The molecule has 174 valence electrons. The van der Waals surface area contributed by atoms with Crippen LogP contribution in [0.25, 0.3) is 5.69 Å². The fraction of sp³-hybridized carbons (Fsp3) is 0.192. The molecule has 0 aliphatic rings. The van der Waals surface area contributed by atoms with Crippen LogP contribution in [0.5, 0.6) is 5.75 Å². The molecule has 1 atom stereocenters. The van der Waals surface area contributed by atoms with Crippen LogP contribution in [-0.2, 0) is 17.9 Å². The second kappa shape index (κ2) is 11.0. The molecule has 0 unspecified atom stereocenters. The van der Waals surface area contributed by atoms with Gasteiger partial charge in [0.2, 0.25) is 5.91 Å². The van der Waals surface area contributed by atoms with Gasteiger partial charge in [-0.2, -0.15) is 0 Å². The van der Waals surface area contributed by atoms with Gasteiger partial charge >= 0.3 is 0 Å². The number of carbonyl (C=O) groups is 1. The lowest BCUT2D eigenvalue weighted by molar-refractivity contribution is -0.129. The number of benzene rings is 3. The lowest BCUT2D eigenvalue weighted by Crippen LogP contribution is -2.33. The van der Waals surface area contributed by atoms with Gasteiger partial charge in [0.15, 0.2) is 22.5 Å². The molecule has 0 N–H and O–H groups in total. The van der Waals surface area contributed by atoms with Gasteiger partial charge in [0.1, 0.15) is 6.61 Å². The van der Waals surface area contributed by atoms with E-state index >= 15 is 0 Å². The normalized spacial score (nSPS) is 11.7. The molecular formula is C26H25FN4O2S. The van der Waals surface area contributed by atoms with E-state index in [0.29, 0.717) is 17.5 Å². The summed E-state index contributed by atoms with van der Waals surface area (Å²) in [5, 5.41) is 8.78. The topological polar surface area (TPSA) is 60.3 Å². The van der Waals surface area contributed by atoms with Gasteiger partial charge in [-0.3, -0.25) is 9.36 Å². The van der Waals surface area contributed by atoms with E-state index in [-0.39, 0.29) is 23.5 Å². The first kappa shape index (κ1) is 23.5. The average Bonchev–Trinajstić information content (AvgIpc) is 3.26. The highest BCUT2D eigenvalue weighted by Gasteiger charge is 2.24. The number of thioether (sulfide) groups is 1. The van der Waals surface area contributed by atoms with Gasteiger partial charge < -0.3 is 9.64 Å². The predicted octanol–water partition coefficient (Wildman–Crippen LogP) is 5.12. The number of aromatic nitrogens is 3. The van der Waals surface area contributed by atoms with Crippen LogP contribution in [0.2, 0.25) is 0 Å². The van der Waals surface area contributed by atoms with Crippen LogP contribution in [0.1, 0.15) is 18.3 Å². The van der Waals surface area contributed by atoms with Crippen molar-refractivity contribution in [1.29, 1.82) is 0 Å². The molecule has 34 heavy (non-hydrogen) atoms. The van der Waals surface area contributed by atoms with E-state index in [1.54, 1.807) is 30.1 Å². The van der Waals surface area contributed by atoms with Crippen LogP contribution < -0.4 is 4.74 Å². The Bertz CT molecular complexity index is 1230. The Labute approximate surface area is 202 Å². The summed E-state index contributed by atoms with van der Waals surface area (Å²) in [4.78, 5) is 14.7. The summed E-state index contributed by atoms with van der Waals surface area (Å²) < 4.78 is 21.5. The van der Waals surface area contributed by atoms with Crippen LogP contribution in [0, 0.1) is 5.82 Å². The van der Waals surface area contributed by atoms with Crippen molar-refractivity contribution in [3.05, 3.63) is 102 Å². The molecule has 0 saturated heterocycles. The Balaban J connectivity index is 1.53. The first-order chi connectivity index (χ1) is 16.5. The molecule has 0 aliphatic heterocycles. The molecule has 4 aromatic rings. The molecule has 0 aliphatic carbocycles. The Morgan fingerprint density at radius 3 is 2.35 bits per heavy atom. The molecular weight excluding hydrogens is 451 g/mol. The molecule has 0 radical (unpaired) electrons. The lowest BCUT2D eigenvalue weighted by atomic mass is 10.2. The van der Waals surface area contributed by atoms with Crippen LogP contribution in [-0.4, -0.2) is 37.9 Å². The number of rotatable bonds is 9. The number of hydrogen-bond acceptors (Lipinski definition) is 5. The Morgan fingerprint density at radius 2 is 1.65 bits per heavy atom. The lowest BCUT2D eigenvalue weighted by Gasteiger charge is -2.21. The van der Waals surface area contributed by atoms with Crippen molar-refractivity contribution in [3.8, 4) is 11.4 Å². The maximum Gasteiger partial charge on any atom is 0.235 e. The van der Waals surface area contributed by atoms with Crippen molar-refractivity contribution < 1.29 is 13.9 Å². The number of amides is 1. The first-order valence-corrected chi connectivity index (χ1v) is 11.7. The minimum absolute atomic E-state index is 0.0133. The minimum Gasteiger partial charge on any atom is -0.483 e. The van der Waals surface area contributed by atoms with Crippen LogP contribution in [0.4, 0.5) is 4.39 Å². The summed E-state index contributed by atoms with van der Waals surface area (Å²) in [6.45, 7) is 2.41. The Morgan fingerprint density at radius 1 is 1.00 bits per heavy atom. The minimum atomic E-state index is -0.441. The summed E-state index contributed by atoms with van der Waals surface area (Å²) in [5.41, 5.74) is 1.90. The predicted molar refractivity (Wildman–Crippen MR) is 130 cm³/mol. The number of halogens is 1. The Hall–Kier alpha value is -3.65. The van der Waals surface area contributed by atoms with Crippen LogP contribution >= 0.6 is 11.8 Å². The van der Waals surface area contributed by atoms with Gasteiger partial charge in [-0.05, 0) is 36.8 Å². The van der Waals surface area contributed by atoms with Gasteiger partial charge in [-0.25, -0.2) is 4.39 Å². The average molecular weight is 477 g/mol. The molecule has 1 aromatic heterocycles. The van der Waals surface area contributed by atoms with Crippen molar-refractivity contribution in [1.82, 2.24) is 19.7 Å². The molecule has 4 rings (SSSR count). The summed E-state index contributed by atoms with van der Waals surface area (Å²) in [5.74, 6) is 0.198. The molecule has 1 heterocycles. The molecule has 0 saturated carbocycles. The second-order valence-electron chi connectivity index (χ2n) is 7.73. The second-order valence-corrected chi connectivity index (χ2v) is 9.04. The number of nitrogens with zero attached hydrogens (tertiary/aromatic N) is 4. The molecule has 0 bridgehead atoms. The smallest absolute Gasteiger partial charge is 0.235 e. The van der Waals surface area contributed by atoms with Crippen molar-refractivity contribution >= 4 is 17.7 Å².